The Balaban J connectivity index is 0.00000176. The molecule has 1 atom stereocenters. The molecule has 1 aromatic carbocycles. The van der Waals surface area contributed by atoms with Gasteiger partial charge in [0.05, 0.1) is 11.6 Å². The van der Waals surface area contributed by atoms with Gasteiger partial charge < -0.3 is 10.6 Å². The molecule has 5 heteroatoms. The molecule has 1 aromatic rings. The molecular formula is C17H25ClN2OS. The van der Waals surface area contributed by atoms with Gasteiger partial charge in [-0.1, -0.05) is 25.0 Å². The number of para-hydroxylation sites is 1. The fourth-order valence-electron chi connectivity index (χ4n) is 3.17. The second-order valence-corrected chi connectivity index (χ2v) is 7.40. The van der Waals surface area contributed by atoms with Gasteiger partial charge in [0.2, 0.25) is 5.91 Å². The molecule has 1 unspecified atom stereocenters. The second-order valence-electron chi connectivity index (χ2n) is 6.05. The highest BCUT2D eigenvalue weighted by molar-refractivity contribution is 8.00. The van der Waals surface area contributed by atoms with E-state index in [0.29, 0.717) is 0 Å². The number of carbonyl (C=O) groups is 1. The van der Waals surface area contributed by atoms with Crippen LogP contribution < -0.4 is 10.6 Å². The predicted molar refractivity (Wildman–Crippen MR) is 96.0 cm³/mol. The summed E-state index contributed by atoms with van der Waals surface area (Å²) in [6.07, 6.45) is 7.40. The van der Waals surface area contributed by atoms with Crippen molar-refractivity contribution in [2.24, 2.45) is 5.92 Å². The maximum atomic E-state index is 12.4. The van der Waals surface area contributed by atoms with Crippen molar-refractivity contribution in [2.45, 2.75) is 48.7 Å². The third-order valence-corrected chi connectivity index (χ3v) is 5.82. The first kappa shape index (κ1) is 17.6. The van der Waals surface area contributed by atoms with Crippen molar-refractivity contribution in [3.63, 3.8) is 0 Å². The molecule has 2 fully saturated rings. The molecule has 1 saturated carbocycles. The lowest BCUT2D eigenvalue weighted by Gasteiger charge is -2.22. The van der Waals surface area contributed by atoms with Crippen molar-refractivity contribution in [1.29, 1.82) is 0 Å². The van der Waals surface area contributed by atoms with Gasteiger partial charge in [-0.05, 0) is 44.4 Å². The molecular weight excluding hydrogens is 316 g/mol. The van der Waals surface area contributed by atoms with Crippen LogP contribution in [0.4, 0.5) is 5.69 Å². The minimum absolute atomic E-state index is 0. The van der Waals surface area contributed by atoms with Gasteiger partial charge in [-0.15, -0.1) is 24.2 Å². The van der Waals surface area contributed by atoms with E-state index in [4.69, 9.17) is 0 Å². The van der Waals surface area contributed by atoms with Gasteiger partial charge in [0.25, 0.3) is 0 Å². The highest BCUT2D eigenvalue weighted by Crippen LogP contribution is 2.38. The number of thioether (sulfide) groups is 1. The first-order valence-electron chi connectivity index (χ1n) is 8.10. The molecule has 1 aliphatic heterocycles. The lowest BCUT2D eigenvalue weighted by molar-refractivity contribution is -0.120. The molecule has 122 valence electrons. The summed E-state index contributed by atoms with van der Waals surface area (Å²) in [6.45, 7) is 1.85. The largest absolute Gasteiger partial charge is 0.325 e. The molecule has 1 amide bonds. The summed E-state index contributed by atoms with van der Waals surface area (Å²) in [4.78, 5) is 13.6. The van der Waals surface area contributed by atoms with Crippen LogP contribution in [-0.4, -0.2) is 24.2 Å². The maximum absolute atomic E-state index is 12.4. The quantitative estimate of drug-likeness (QED) is 0.867. The number of anilines is 1. The summed E-state index contributed by atoms with van der Waals surface area (Å²) in [5.74, 6) is 0.282. The Morgan fingerprint density at radius 2 is 1.91 bits per heavy atom. The highest BCUT2D eigenvalue weighted by Gasteiger charge is 2.22. The first-order chi connectivity index (χ1) is 10.3. The van der Waals surface area contributed by atoms with E-state index in [2.05, 4.69) is 22.8 Å². The van der Waals surface area contributed by atoms with Crippen molar-refractivity contribution in [2.75, 3.05) is 18.4 Å². The van der Waals surface area contributed by atoms with Gasteiger partial charge in [-0.3, -0.25) is 4.79 Å². The smallest absolute Gasteiger partial charge is 0.228 e. The molecule has 2 aliphatic rings. The number of nitrogens with one attached hydrogen (secondary N) is 2. The van der Waals surface area contributed by atoms with Crippen LogP contribution in [0.1, 0.15) is 38.5 Å². The number of hydrogen-bond acceptors (Lipinski definition) is 3. The number of hydrogen-bond donors (Lipinski definition) is 2. The Labute approximate surface area is 143 Å². The fourth-order valence-corrected chi connectivity index (χ4v) is 4.50. The van der Waals surface area contributed by atoms with Crippen molar-refractivity contribution in [1.82, 2.24) is 5.32 Å². The number of piperidine rings is 1. The van der Waals surface area contributed by atoms with Crippen molar-refractivity contribution in [3.05, 3.63) is 24.3 Å². The average molecular weight is 341 g/mol. The minimum Gasteiger partial charge on any atom is -0.325 e. The molecule has 3 nitrogen and oxygen atoms in total. The van der Waals surface area contributed by atoms with E-state index in [1.807, 2.05) is 23.9 Å². The Bertz CT molecular complexity index is 485. The molecule has 1 aliphatic carbocycles. The Morgan fingerprint density at radius 1 is 1.14 bits per heavy atom. The lowest BCUT2D eigenvalue weighted by Crippen LogP contribution is -2.37. The molecule has 0 spiro atoms. The number of amides is 1. The molecule has 1 heterocycles. The Hall–Kier alpha value is -0.710. The molecule has 0 bridgehead atoms. The molecule has 3 rings (SSSR count). The van der Waals surface area contributed by atoms with E-state index in [1.165, 1.54) is 30.6 Å². The van der Waals surface area contributed by atoms with Crippen molar-refractivity contribution >= 4 is 35.8 Å². The van der Waals surface area contributed by atoms with E-state index in [9.17, 15) is 4.79 Å². The van der Waals surface area contributed by atoms with Crippen LogP contribution in [0.25, 0.3) is 0 Å². The highest BCUT2D eigenvalue weighted by atomic mass is 35.5. The normalized spacial score (nSPS) is 22.1. The SMILES string of the molecule is Cl.O=C(Nc1ccccc1SC1CCCC1)C1CCCNC1. The van der Waals surface area contributed by atoms with Crippen molar-refractivity contribution < 1.29 is 4.79 Å². The van der Waals surface area contributed by atoms with Gasteiger partial charge in [0, 0.05) is 16.7 Å². The topological polar surface area (TPSA) is 41.1 Å². The zero-order chi connectivity index (χ0) is 14.5. The molecule has 1 saturated heterocycles. The molecule has 2 N–H and O–H groups in total. The van der Waals surface area contributed by atoms with Gasteiger partial charge >= 0.3 is 0 Å². The van der Waals surface area contributed by atoms with Gasteiger partial charge in [0.15, 0.2) is 0 Å². The third kappa shape index (κ3) is 4.64. The van der Waals surface area contributed by atoms with Crippen LogP contribution >= 0.6 is 24.2 Å². The zero-order valence-electron chi connectivity index (χ0n) is 12.8. The number of rotatable bonds is 4. The molecule has 0 aromatic heterocycles. The van der Waals surface area contributed by atoms with Crippen LogP contribution in [0.5, 0.6) is 0 Å². The maximum Gasteiger partial charge on any atom is 0.228 e. The minimum atomic E-state index is 0. The number of benzene rings is 1. The standard InChI is InChI=1S/C17H24N2OS.ClH/c20-17(13-6-5-11-18-12-13)19-15-9-3-4-10-16(15)21-14-7-1-2-8-14;/h3-4,9-10,13-14,18H,1-2,5-8,11-12H2,(H,19,20);1H. The molecule has 22 heavy (non-hydrogen) atoms. The summed E-state index contributed by atoms with van der Waals surface area (Å²) in [6, 6.07) is 8.24. The molecule has 0 radical (unpaired) electrons. The van der Waals surface area contributed by atoms with E-state index in [0.717, 1.165) is 36.9 Å². The zero-order valence-corrected chi connectivity index (χ0v) is 14.5. The van der Waals surface area contributed by atoms with E-state index >= 15 is 0 Å². The third-order valence-electron chi connectivity index (χ3n) is 4.41. The van der Waals surface area contributed by atoms with Crippen molar-refractivity contribution in [3.8, 4) is 0 Å². The summed E-state index contributed by atoms with van der Waals surface area (Å²) < 4.78 is 0. The van der Waals surface area contributed by atoms with Crippen LogP contribution in [0, 0.1) is 5.92 Å². The summed E-state index contributed by atoms with van der Waals surface area (Å²) in [5, 5.41) is 7.18. The second kappa shape index (κ2) is 8.80. The number of halogens is 1. The van der Waals surface area contributed by atoms with E-state index < -0.39 is 0 Å². The van der Waals surface area contributed by atoms with Crippen LogP contribution in [0.15, 0.2) is 29.2 Å². The first-order valence-corrected chi connectivity index (χ1v) is 8.98. The Morgan fingerprint density at radius 3 is 2.64 bits per heavy atom. The number of carbonyl (C=O) groups excluding carboxylic acids is 1. The van der Waals surface area contributed by atoms with Gasteiger partial charge in [0.1, 0.15) is 0 Å². The van der Waals surface area contributed by atoms with Gasteiger partial charge in [-0.2, -0.15) is 0 Å². The fraction of sp³-hybridized carbons (Fsp3) is 0.588. The average Bonchev–Trinajstić information content (AvgIpc) is 3.03. The lowest BCUT2D eigenvalue weighted by atomic mass is 9.99. The van der Waals surface area contributed by atoms with E-state index in [1.54, 1.807) is 0 Å². The van der Waals surface area contributed by atoms with E-state index in [-0.39, 0.29) is 24.2 Å². The van der Waals surface area contributed by atoms with Crippen LogP contribution in [0.2, 0.25) is 0 Å². The Kier molecular flexibility index (Phi) is 7.06. The summed E-state index contributed by atoms with van der Waals surface area (Å²) in [5.41, 5.74) is 0.991. The summed E-state index contributed by atoms with van der Waals surface area (Å²) in [7, 11) is 0. The predicted octanol–water partition coefficient (Wildman–Crippen LogP) is 4.08. The van der Waals surface area contributed by atoms with Gasteiger partial charge in [-0.25, -0.2) is 0 Å². The monoisotopic (exact) mass is 340 g/mol. The van der Waals surface area contributed by atoms with Crippen LogP contribution in [-0.2, 0) is 4.79 Å². The summed E-state index contributed by atoms with van der Waals surface area (Å²) >= 11 is 1.94. The van der Waals surface area contributed by atoms with Crippen LogP contribution in [0.3, 0.4) is 0 Å².